The predicted molar refractivity (Wildman–Crippen MR) is 80.2 cm³/mol. The number of nitrogens with one attached hydrogen (secondary N) is 2. The van der Waals surface area contributed by atoms with Gasteiger partial charge in [0.15, 0.2) is 0 Å². The Hall–Kier alpha value is -1.63. The Morgan fingerprint density at radius 2 is 1.70 bits per heavy atom. The second kappa shape index (κ2) is 7.84. The number of aliphatic hydroxyl groups is 1. The molecule has 1 saturated heterocycles. The molecule has 3 N–H and O–H groups in total. The van der Waals surface area contributed by atoms with Crippen LogP contribution in [0.1, 0.15) is 32.6 Å². The molecule has 0 amide bonds. The summed E-state index contributed by atoms with van der Waals surface area (Å²) in [5.41, 5.74) is 0. The Labute approximate surface area is 119 Å². The van der Waals surface area contributed by atoms with Crippen molar-refractivity contribution in [3.8, 4) is 0 Å². The van der Waals surface area contributed by atoms with E-state index in [4.69, 9.17) is 5.11 Å². The lowest BCUT2D eigenvalue weighted by atomic mass is 10.3. The lowest BCUT2D eigenvalue weighted by Crippen LogP contribution is -2.23. The Balaban J connectivity index is 2.09. The topological polar surface area (TPSA) is 86.2 Å². The second-order valence-corrected chi connectivity index (χ2v) is 4.91. The third-order valence-corrected chi connectivity index (χ3v) is 3.22. The molecule has 0 radical (unpaired) electrons. The summed E-state index contributed by atoms with van der Waals surface area (Å²) in [6, 6.07) is 0. The molecule has 0 aliphatic carbocycles. The third kappa shape index (κ3) is 4.19. The number of hydrogen-bond donors (Lipinski definition) is 3. The first-order chi connectivity index (χ1) is 9.83. The van der Waals surface area contributed by atoms with Crippen LogP contribution in [0.2, 0.25) is 0 Å². The van der Waals surface area contributed by atoms with E-state index in [1.807, 2.05) is 0 Å². The van der Waals surface area contributed by atoms with E-state index in [-0.39, 0.29) is 6.61 Å². The highest BCUT2D eigenvalue weighted by Crippen LogP contribution is 2.18. The molecule has 7 heteroatoms. The lowest BCUT2D eigenvalue weighted by molar-refractivity contribution is 0.311. The molecular formula is C13H24N6O. The van der Waals surface area contributed by atoms with Crippen LogP contribution in [-0.4, -0.2) is 52.8 Å². The van der Waals surface area contributed by atoms with Crippen LogP contribution in [0.15, 0.2) is 0 Å². The van der Waals surface area contributed by atoms with Gasteiger partial charge < -0.3 is 20.6 Å². The van der Waals surface area contributed by atoms with E-state index in [1.54, 1.807) is 0 Å². The Morgan fingerprint density at radius 1 is 1.05 bits per heavy atom. The van der Waals surface area contributed by atoms with Gasteiger partial charge in [-0.05, 0) is 19.3 Å². The molecular weight excluding hydrogens is 256 g/mol. The SMILES string of the molecule is CCCCNc1nc(NCCO)nc(N2CCCC2)n1. The summed E-state index contributed by atoms with van der Waals surface area (Å²) in [5.74, 6) is 1.85. The van der Waals surface area contributed by atoms with Gasteiger partial charge in [0.1, 0.15) is 0 Å². The van der Waals surface area contributed by atoms with E-state index in [1.165, 1.54) is 12.8 Å². The standard InChI is InChI=1S/C13H24N6O/c1-2-3-6-14-11-16-12(15-7-10-20)18-13(17-11)19-8-4-5-9-19/h20H,2-10H2,1H3,(H2,14,15,16,17,18). The minimum absolute atomic E-state index is 0.0589. The van der Waals surface area contributed by atoms with Gasteiger partial charge in [0.2, 0.25) is 17.8 Å². The van der Waals surface area contributed by atoms with Crippen LogP contribution in [0.3, 0.4) is 0 Å². The van der Waals surface area contributed by atoms with E-state index in [0.717, 1.165) is 38.4 Å². The van der Waals surface area contributed by atoms with Gasteiger partial charge in [-0.1, -0.05) is 13.3 Å². The van der Waals surface area contributed by atoms with Crippen LogP contribution < -0.4 is 15.5 Å². The number of aromatic nitrogens is 3. The number of aliphatic hydroxyl groups excluding tert-OH is 1. The number of unbranched alkanes of at least 4 members (excludes halogenated alkanes) is 1. The van der Waals surface area contributed by atoms with E-state index >= 15 is 0 Å². The molecule has 112 valence electrons. The van der Waals surface area contributed by atoms with Crippen LogP contribution in [0.25, 0.3) is 0 Å². The van der Waals surface area contributed by atoms with Crippen molar-refractivity contribution in [1.29, 1.82) is 0 Å². The maximum atomic E-state index is 8.89. The summed E-state index contributed by atoms with van der Waals surface area (Å²) in [5, 5.41) is 15.1. The summed E-state index contributed by atoms with van der Waals surface area (Å²) in [4.78, 5) is 15.4. The van der Waals surface area contributed by atoms with Crippen molar-refractivity contribution in [1.82, 2.24) is 15.0 Å². The predicted octanol–water partition coefficient (Wildman–Crippen LogP) is 1.09. The summed E-state index contributed by atoms with van der Waals surface area (Å²) in [7, 11) is 0. The zero-order valence-corrected chi connectivity index (χ0v) is 12.1. The van der Waals surface area contributed by atoms with Crippen molar-refractivity contribution in [2.24, 2.45) is 0 Å². The van der Waals surface area contributed by atoms with Gasteiger partial charge in [-0.25, -0.2) is 0 Å². The summed E-state index contributed by atoms with van der Waals surface area (Å²) in [6.45, 7) is 5.51. The van der Waals surface area contributed by atoms with Crippen LogP contribution >= 0.6 is 0 Å². The minimum atomic E-state index is 0.0589. The Bertz CT molecular complexity index is 408. The first-order valence-corrected chi connectivity index (χ1v) is 7.43. The maximum absolute atomic E-state index is 8.89. The highest BCUT2D eigenvalue weighted by atomic mass is 16.3. The smallest absolute Gasteiger partial charge is 0.231 e. The van der Waals surface area contributed by atoms with Crippen molar-refractivity contribution in [3.63, 3.8) is 0 Å². The monoisotopic (exact) mass is 280 g/mol. The molecule has 2 heterocycles. The molecule has 0 spiro atoms. The zero-order chi connectivity index (χ0) is 14.2. The average molecular weight is 280 g/mol. The molecule has 1 aromatic heterocycles. The van der Waals surface area contributed by atoms with Crippen molar-refractivity contribution in [2.45, 2.75) is 32.6 Å². The average Bonchev–Trinajstić information content (AvgIpc) is 2.99. The molecule has 20 heavy (non-hydrogen) atoms. The van der Waals surface area contributed by atoms with E-state index < -0.39 is 0 Å². The number of anilines is 3. The van der Waals surface area contributed by atoms with Gasteiger partial charge in [0, 0.05) is 26.2 Å². The van der Waals surface area contributed by atoms with E-state index in [0.29, 0.717) is 18.4 Å². The Morgan fingerprint density at radius 3 is 2.30 bits per heavy atom. The van der Waals surface area contributed by atoms with Crippen LogP contribution in [-0.2, 0) is 0 Å². The zero-order valence-electron chi connectivity index (χ0n) is 12.1. The summed E-state index contributed by atoms with van der Waals surface area (Å²) in [6.07, 6.45) is 4.59. The van der Waals surface area contributed by atoms with Gasteiger partial charge in [-0.3, -0.25) is 0 Å². The lowest BCUT2D eigenvalue weighted by Gasteiger charge is -2.17. The summed E-state index contributed by atoms with van der Waals surface area (Å²) >= 11 is 0. The second-order valence-electron chi connectivity index (χ2n) is 4.91. The first-order valence-electron chi connectivity index (χ1n) is 7.43. The molecule has 1 aliphatic rings. The minimum Gasteiger partial charge on any atom is -0.395 e. The molecule has 7 nitrogen and oxygen atoms in total. The van der Waals surface area contributed by atoms with E-state index in [9.17, 15) is 0 Å². The number of nitrogens with zero attached hydrogens (tertiary/aromatic N) is 4. The largest absolute Gasteiger partial charge is 0.395 e. The van der Waals surface area contributed by atoms with Crippen molar-refractivity contribution in [3.05, 3.63) is 0 Å². The fraction of sp³-hybridized carbons (Fsp3) is 0.769. The molecule has 1 fully saturated rings. The van der Waals surface area contributed by atoms with Crippen LogP contribution in [0.4, 0.5) is 17.8 Å². The van der Waals surface area contributed by atoms with Crippen molar-refractivity contribution in [2.75, 3.05) is 48.3 Å². The first kappa shape index (κ1) is 14.8. The van der Waals surface area contributed by atoms with Gasteiger partial charge in [0.05, 0.1) is 6.61 Å². The molecule has 0 bridgehead atoms. The molecule has 0 atom stereocenters. The molecule has 2 rings (SSSR count). The van der Waals surface area contributed by atoms with Gasteiger partial charge in [-0.2, -0.15) is 15.0 Å². The molecule has 1 aromatic rings. The van der Waals surface area contributed by atoms with Gasteiger partial charge >= 0.3 is 0 Å². The van der Waals surface area contributed by atoms with E-state index in [2.05, 4.69) is 37.4 Å². The third-order valence-electron chi connectivity index (χ3n) is 3.22. The van der Waals surface area contributed by atoms with Crippen molar-refractivity contribution >= 4 is 17.8 Å². The molecule has 0 aromatic carbocycles. The quantitative estimate of drug-likeness (QED) is 0.614. The van der Waals surface area contributed by atoms with Gasteiger partial charge in [-0.15, -0.1) is 0 Å². The number of rotatable bonds is 8. The molecule has 0 saturated carbocycles. The van der Waals surface area contributed by atoms with Crippen LogP contribution in [0.5, 0.6) is 0 Å². The van der Waals surface area contributed by atoms with Gasteiger partial charge in [0.25, 0.3) is 0 Å². The molecule has 0 unspecified atom stereocenters. The number of hydrogen-bond acceptors (Lipinski definition) is 7. The fourth-order valence-electron chi connectivity index (χ4n) is 2.13. The molecule has 1 aliphatic heterocycles. The highest BCUT2D eigenvalue weighted by Gasteiger charge is 2.17. The summed E-state index contributed by atoms with van der Waals surface area (Å²) < 4.78 is 0. The van der Waals surface area contributed by atoms with Crippen LogP contribution in [0, 0.1) is 0 Å². The highest BCUT2D eigenvalue weighted by molar-refractivity contribution is 5.44. The van der Waals surface area contributed by atoms with Crippen molar-refractivity contribution < 1.29 is 5.11 Å². The normalized spacial score (nSPS) is 14.6. The fourth-order valence-corrected chi connectivity index (χ4v) is 2.13. The Kier molecular flexibility index (Phi) is 5.79. The maximum Gasteiger partial charge on any atom is 0.231 e.